The molecule has 0 amide bonds. The molecule has 1 aromatic rings. The Kier molecular flexibility index (Phi) is 6.05. The SMILES string of the molecule is C[C@@H](N)CSc1cccs1.Cl. The van der Waals surface area contributed by atoms with Gasteiger partial charge in [-0.05, 0) is 18.4 Å². The van der Waals surface area contributed by atoms with Crippen molar-refractivity contribution in [2.24, 2.45) is 5.73 Å². The molecule has 4 heteroatoms. The number of nitrogens with two attached hydrogens (primary N) is 1. The fourth-order valence-corrected chi connectivity index (χ4v) is 2.25. The third-order valence-electron chi connectivity index (χ3n) is 0.984. The van der Waals surface area contributed by atoms with Crippen molar-refractivity contribution >= 4 is 35.5 Å². The number of hydrogen-bond donors (Lipinski definition) is 1. The highest BCUT2D eigenvalue weighted by atomic mass is 35.5. The Bertz CT molecular complexity index is 175. The fourth-order valence-electron chi connectivity index (χ4n) is 0.559. The third kappa shape index (κ3) is 4.69. The van der Waals surface area contributed by atoms with Gasteiger partial charge >= 0.3 is 0 Å². The van der Waals surface area contributed by atoms with Crippen LogP contribution in [0.3, 0.4) is 0 Å². The third-order valence-corrected chi connectivity index (χ3v) is 3.40. The molecule has 0 saturated heterocycles. The lowest BCUT2D eigenvalue weighted by Crippen LogP contribution is -2.17. The first-order valence-corrected chi connectivity index (χ1v) is 5.07. The van der Waals surface area contributed by atoms with E-state index in [0.717, 1.165) is 5.75 Å². The Morgan fingerprint density at radius 3 is 2.91 bits per heavy atom. The Morgan fingerprint density at radius 1 is 1.73 bits per heavy atom. The first-order valence-electron chi connectivity index (χ1n) is 3.21. The van der Waals surface area contributed by atoms with Crippen LogP contribution in [0.25, 0.3) is 0 Å². The lowest BCUT2D eigenvalue weighted by Gasteiger charge is -2.00. The maximum atomic E-state index is 5.59. The molecule has 2 N–H and O–H groups in total. The minimum Gasteiger partial charge on any atom is -0.327 e. The van der Waals surface area contributed by atoms with E-state index < -0.39 is 0 Å². The molecular formula is C7H12ClNS2. The summed E-state index contributed by atoms with van der Waals surface area (Å²) in [6.07, 6.45) is 0. The van der Waals surface area contributed by atoms with Crippen molar-refractivity contribution in [1.29, 1.82) is 0 Å². The highest BCUT2D eigenvalue weighted by molar-refractivity contribution is 8.01. The number of rotatable bonds is 3. The van der Waals surface area contributed by atoms with Crippen LogP contribution in [0.15, 0.2) is 21.7 Å². The maximum absolute atomic E-state index is 5.59. The molecule has 0 fully saturated rings. The first-order chi connectivity index (χ1) is 4.79. The summed E-state index contributed by atoms with van der Waals surface area (Å²) in [5.41, 5.74) is 5.59. The quantitative estimate of drug-likeness (QED) is 0.775. The van der Waals surface area contributed by atoms with Crippen LogP contribution in [0.4, 0.5) is 0 Å². The van der Waals surface area contributed by atoms with Crippen LogP contribution in [0.1, 0.15) is 6.92 Å². The predicted octanol–water partition coefficient (Wildman–Crippen LogP) is 2.61. The van der Waals surface area contributed by atoms with E-state index in [9.17, 15) is 0 Å². The van der Waals surface area contributed by atoms with Crippen LogP contribution in [-0.4, -0.2) is 11.8 Å². The molecule has 11 heavy (non-hydrogen) atoms. The van der Waals surface area contributed by atoms with E-state index in [0.29, 0.717) is 6.04 Å². The molecule has 0 bridgehead atoms. The Labute approximate surface area is 81.8 Å². The molecule has 0 radical (unpaired) electrons. The second-order valence-corrected chi connectivity index (χ2v) is 4.49. The zero-order chi connectivity index (χ0) is 7.40. The summed E-state index contributed by atoms with van der Waals surface area (Å²) in [4.78, 5) is 0. The van der Waals surface area contributed by atoms with Crippen LogP contribution >= 0.6 is 35.5 Å². The molecule has 0 aliphatic heterocycles. The molecule has 0 unspecified atom stereocenters. The standard InChI is InChI=1S/C7H11NS2.ClH/c1-6(8)5-10-7-3-2-4-9-7;/h2-4,6H,5,8H2,1H3;1H/t6-;/m1./s1. The highest BCUT2D eigenvalue weighted by Gasteiger charge is 1.96. The van der Waals surface area contributed by atoms with Crippen LogP contribution in [-0.2, 0) is 0 Å². The molecule has 1 atom stereocenters. The van der Waals surface area contributed by atoms with E-state index in [-0.39, 0.29) is 12.4 Å². The number of halogens is 1. The number of thiophene rings is 1. The predicted molar refractivity (Wildman–Crippen MR) is 55.9 cm³/mol. The van der Waals surface area contributed by atoms with E-state index in [2.05, 4.69) is 17.5 Å². The van der Waals surface area contributed by atoms with E-state index in [4.69, 9.17) is 5.73 Å². The minimum atomic E-state index is 0. The van der Waals surface area contributed by atoms with Crippen LogP contribution in [0.2, 0.25) is 0 Å². The summed E-state index contributed by atoms with van der Waals surface area (Å²) in [7, 11) is 0. The Balaban J connectivity index is 0.000001000. The summed E-state index contributed by atoms with van der Waals surface area (Å²) >= 11 is 3.60. The molecule has 0 aliphatic rings. The van der Waals surface area contributed by atoms with Gasteiger partial charge in [0.15, 0.2) is 0 Å². The van der Waals surface area contributed by atoms with Crippen LogP contribution in [0, 0.1) is 0 Å². The lowest BCUT2D eigenvalue weighted by molar-refractivity contribution is 0.848. The van der Waals surface area contributed by atoms with Gasteiger partial charge in [-0.2, -0.15) is 0 Å². The largest absolute Gasteiger partial charge is 0.327 e. The van der Waals surface area contributed by atoms with Gasteiger partial charge in [0, 0.05) is 11.8 Å². The summed E-state index contributed by atoms with van der Waals surface area (Å²) in [6.45, 7) is 2.03. The number of thioether (sulfide) groups is 1. The fraction of sp³-hybridized carbons (Fsp3) is 0.429. The molecule has 1 aromatic heterocycles. The summed E-state index contributed by atoms with van der Waals surface area (Å²) in [5.74, 6) is 1.01. The molecule has 0 aliphatic carbocycles. The van der Waals surface area contributed by atoms with Crippen molar-refractivity contribution in [3.8, 4) is 0 Å². The van der Waals surface area contributed by atoms with Gasteiger partial charge in [0.2, 0.25) is 0 Å². The van der Waals surface area contributed by atoms with Gasteiger partial charge in [-0.3, -0.25) is 0 Å². The van der Waals surface area contributed by atoms with Crippen molar-refractivity contribution in [3.63, 3.8) is 0 Å². The van der Waals surface area contributed by atoms with Gasteiger partial charge < -0.3 is 5.73 Å². The number of hydrogen-bond acceptors (Lipinski definition) is 3. The summed E-state index contributed by atoms with van der Waals surface area (Å²) in [6, 6.07) is 4.48. The molecule has 0 saturated carbocycles. The van der Waals surface area contributed by atoms with Crippen molar-refractivity contribution in [1.82, 2.24) is 0 Å². The Morgan fingerprint density at radius 2 is 2.45 bits per heavy atom. The monoisotopic (exact) mass is 209 g/mol. The van der Waals surface area contributed by atoms with Crippen LogP contribution in [0.5, 0.6) is 0 Å². The van der Waals surface area contributed by atoms with E-state index >= 15 is 0 Å². The average molecular weight is 210 g/mol. The zero-order valence-corrected chi connectivity index (χ0v) is 8.77. The Hall–Kier alpha value is 0.300. The van der Waals surface area contributed by atoms with Crippen molar-refractivity contribution < 1.29 is 0 Å². The average Bonchev–Trinajstić information content (AvgIpc) is 2.34. The molecular weight excluding hydrogens is 198 g/mol. The van der Waals surface area contributed by atoms with Gasteiger partial charge in [0.05, 0.1) is 4.21 Å². The summed E-state index contributed by atoms with van der Waals surface area (Å²) < 4.78 is 1.36. The summed E-state index contributed by atoms with van der Waals surface area (Å²) in [5, 5.41) is 2.09. The van der Waals surface area contributed by atoms with Crippen molar-refractivity contribution in [2.45, 2.75) is 17.2 Å². The zero-order valence-electron chi connectivity index (χ0n) is 6.32. The van der Waals surface area contributed by atoms with E-state index in [1.165, 1.54) is 4.21 Å². The molecule has 1 rings (SSSR count). The lowest BCUT2D eigenvalue weighted by atomic mass is 10.4. The second kappa shape index (κ2) is 5.89. The van der Waals surface area contributed by atoms with Gasteiger partial charge in [0.1, 0.15) is 0 Å². The normalized spacial score (nSPS) is 12.2. The maximum Gasteiger partial charge on any atom is 0.0599 e. The van der Waals surface area contributed by atoms with Crippen LogP contribution < -0.4 is 5.73 Å². The van der Waals surface area contributed by atoms with Gasteiger partial charge in [-0.1, -0.05) is 6.07 Å². The first kappa shape index (κ1) is 11.3. The molecule has 0 spiro atoms. The van der Waals surface area contributed by atoms with Crippen molar-refractivity contribution in [2.75, 3.05) is 5.75 Å². The van der Waals surface area contributed by atoms with Gasteiger partial charge in [-0.25, -0.2) is 0 Å². The van der Waals surface area contributed by atoms with Gasteiger partial charge in [-0.15, -0.1) is 35.5 Å². The highest BCUT2D eigenvalue weighted by Crippen LogP contribution is 2.23. The molecule has 1 heterocycles. The van der Waals surface area contributed by atoms with E-state index in [1.54, 1.807) is 11.3 Å². The van der Waals surface area contributed by atoms with Gasteiger partial charge in [0.25, 0.3) is 0 Å². The minimum absolute atomic E-state index is 0. The smallest absolute Gasteiger partial charge is 0.0599 e. The van der Waals surface area contributed by atoms with Crippen molar-refractivity contribution in [3.05, 3.63) is 17.5 Å². The second-order valence-electron chi connectivity index (χ2n) is 2.22. The molecule has 0 aromatic carbocycles. The van der Waals surface area contributed by atoms with E-state index in [1.807, 2.05) is 18.7 Å². The topological polar surface area (TPSA) is 26.0 Å². The molecule has 64 valence electrons. The molecule has 1 nitrogen and oxygen atoms in total.